The van der Waals surface area contributed by atoms with E-state index in [2.05, 4.69) is 30.3 Å². The highest BCUT2D eigenvalue weighted by Gasteiger charge is 1.85. The third-order valence-corrected chi connectivity index (χ3v) is 12.6. The topological polar surface area (TPSA) is 0 Å². The van der Waals surface area contributed by atoms with Crippen LogP contribution in [0.4, 0.5) is 0 Å². The predicted octanol–water partition coefficient (Wildman–Crippen LogP) is 0.191. The van der Waals surface area contributed by atoms with Gasteiger partial charge in [0.2, 0.25) is 0 Å². The van der Waals surface area contributed by atoms with E-state index in [1.807, 2.05) is 0 Å². The molecule has 0 heterocycles. The molecule has 0 atom stereocenters. The van der Waals surface area contributed by atoms with Gasteiger partial charge in [0.25, 0.3) is 0 Å². The second kappa shape index (κ2) is 4.24. The fraction of sp³-hybridized carbons (Fsp3) is 0. The lowest BCUT2D eigenvalue weighted by Crippen LogP contribution is -1.78. The monoisotopic (exact) mass is 265 g/mol. The van der Waals surface area contributed by atoms with E-state index >= 15 is 0 Å². The first-order valence-electron chi connectivity index (χ1n) is 3.07. The molecule has 1 rings (SSSR count). The van der Waals surface area contributed by atoms with E-state index < -0.39 is 0 Å². The van der Waals surface area contributed by atoms with Gasteiger partial charge in [-0.15, -0.1) is 0 Å². The fourth-order valence-electron chi connectivity index (χ4n) is 0.658. The summed E-state index contributed by atoms with van der Waals surface area (Å²) >= 11 is 0.531. The van der Waals surface area contributed by atoms with Gasteiger partial charge >= 0.3 is 0 Å². The van der Waals surface area contributed by atoms with E-state index in [1.54, 1.807) is 3.57 Å². The van der Waals surface area contributed by atoms with Crippen molar-refractivity contribution in [1.82, 2.24) is 0 Å². The van der Waals surface area contributed by atoms with E-state index in [-0.39, 0.29) is 0 Å². The van der Waals surface area contributed by atoms with E-state index in [1.165, 1.54) is 9.76 Å². The maximum absolute atomic E-state index is 2.28. The molecule has 0 nitrogen and oxygen atoms in total. The summed E-state index contributed by atoms with van der Waals surface area (Å²) in [5.74, 6) is 0. The molecule has 1 aromatic carbocycles. The highest BCUT2D eigenvalue weighted by atomic mass is 127. The zero-order valence-electron chi connectivity index (χ0n) is 5.47. The maximum Gasteiger partial charge on any atom is 0.0710 e. The van der Waals surface area contributed by atoms with Crippen LogP contribution in [-0.2, 0) is 0 Å². The van der Waals surface area contributed by atoms with Gasteiger partial charge in [0, 0.05) is 9.76 Å². The molecule has 0 amide bonds. The zero-order valence-corrected chi connectivity index (χ0v) is 11.0. The molecule has 0 saturated carbocycles. The van der Waals surface area contributed by atoms with Gasteiger partial charge in [0.1, 0.15) is 0 Å². The van der Waals surface area contributed by atoms with Crippen LogP contribution in [0, 0.1) is 3.57 Å². The van der Waals surface area contributed by atoms with Crippen LogP contribution < -0.4 is 0 Å². The normalized spacial score (nSPS) is 11.1. The molecule has 1 radical (unpaired) electrons. The Bertz CT molecular complexity index is 164. The van der Waals surface area contributed by atoms with Gasteiger partial charge in [-0.1, -0.05) is 30.3 Å². The summed E-state index contributed by atoms with van der Waals surface area (Å²) < 4.78 is 1.65. The van der Waals surface area contributed by atoms with Crippen molar-refractivity contribution in [3.63, 3.8) is 0 Å². The van der Waals surface area contributed by atoms with Crippen LogP contribution in [-0.4, -0.2) is 16.3 Å². The van der Waals surface area contributed by atoms with Crippen molar-refractivity contribution in [1.29, 1.82) is 0 Å². The van der Waals surface area contributed by atoms with Crippen molar-refractivity contribution in [2.75, 3.05) is 0 Å². The molecule has 49 valence electrons. The van der Waals surface area contributed by atoms with Crippen molar-refractivity contribution < 1.29 is 0 Å². The summed E-state index contributed by atoms with van der Waals surface area (Å²) in [6.45, 7) is 0.465. The summed E-state index contributed by atoms with van der Waals surface area (Å²) in [7, 11) is 1.51. The van der Waals surface area contributed by atoms with E-state index in [0.717, 1.165) is 0 Å². The summed E-state index contributed by atoms with van der Waals surface area (Å²) in [5.41, 5.74) is 0. The van der Waals surface area contributed by atoms with Crippen molar-refractivity contribution in [3.8, 4) is 0 Å². The molecule has 0 fully saturated rings. The first kappa shape index (κ1) is 7.49. The largest absolute Gasteiger partial charge is 0.153 e. The molecule has 0 aromatic heterocycles. The van der Waals surface area contributed by atoms with Crippen molar-refractivity contribution in [2.24, 2.45) is 0 Å². The molecular formula is C6H10ISi2. The van der Waals surface area contributed by atoms with Crippen LogP contribution in [0.2, 0.25) is 0 Å². The Morgan fingerprint density at radius 3 is 2.44 bits per heavy atom. The number of benzene rings is 1. The smallest absolute Gasteiger partial charge is 0.0710 e. The fourth-order valence-corrected chi connectivity index (χ4v) is 11.9. The highest BCUT2D eigenvalue weighted by Crippen LogP contribution is 2.15. The molecule has 0 spiro atoms. The molecule has 9 heavy (non-hydrogen) atoms. The van der Waals surface area contributed by atoms with Gasteiger partial charge in [0.05, 0.1) is 6.53 Å². The summed E-state index contributed by atoms with van der Waals surface area (Å²) in [5, 5.41) is 0. The molecule has 1 aromatic rings. The molecule has 0 unspecified atom stereocenters. The van der Waals surface area contributed by atoms with Crippen LogP contribution >= 0.6 is 20.4 Å². The predicted molar refractivity (Wildman–Crippen MR) is 57.6 cm³/mol. The first-order chi connectivity index (χ1) is 4.43. The minimum Gasteiger partial charge on any atom is -0.153 e. The molecule has 0 aliphatic heterocycles. The molecule has 0 N–H and O–H groups in total. The van der Waals surface area contributed by atoms with Gasteiger partial charge in [0.15, 0.2) is 0 Å². The van der Waals surface area contributed by atoms with Crippen LogP contribution in [0.5, 0.6) is 0 Å². The van der Waals surface area contributed by atoms with Gasteiger partial charge in [-0.05, 0) is 3.57 Å². The van der Waals surface area contributed by atoms with Gasteiger partial charge in [-0.2, -0.15) is 20.4 Å². The lowest BCUT2D eigenvalue weighted by Gasteiger charge is -1.93. The lowest BCUT2D eigenvalue weighted by molar-refractivity contribution is 1.65. The summed E-state index contributed by atoms with van der Waals surface area (Å²) in [6, 6.07) is 11.0. The Morgan fingerprint density at radius 1 is 1.22 bits per heavy atom. The summed E-state index contributed by atoms with van der Waals surface area (Å²) in [6.07, 6.45) is 0. The van der Waals surface area contributed by atoms with Crippen molar-refractivity contribution in [2.45, 2.75) is 0 Å². The molecule has 0 bridgehead atoms. The lowest BCUT2D eigenvalue weighted by atomic mass is 10.4. The number of hydrogen-bond donors (Lipinski definition) is 0. The van der Waals surface area contributed by atoms with Crippen LogP contribution in [0.1, 0.15) is 0 Å². The Balaban J connectivity index is 2.61. The molecule has 0 aliphatic carbocycles. The highest BCUT2D eigenvalue weighted by molar-refractivity contribution is 14.2. The van der Waals surface area contributed by atoms with Gasteiger partial charge in [-0.25, -0.2) is 0 Å². The molecule has 3 heteroatoms. The number of hydrogen-bond acceptors (Lipinski definition) is 0. The molecular weight excluding hydrogens is 255 g/mol. The zero-order chi connectivity index (χ0) is 6.53. The first-order valence-corrected chi connectivity index (χ1v) is 14.9. The average molecular weight is 265 g/mol. The number of rotatable bonds is 2. The van der Waals surface area contributed by atoms with E-state index in [9.17, 15) is 0 Å². The van der Waals surface area contributed by atoms with Gasteiger partial charge < -0.3 is 0 Å². The van der Waals surface area contributed by atoms with Gasteiger partial charge in [-0.3, -0.25) is 0 Å². The second-order valence-corrected chi connectivity index (χ2v) is 21.4. The van der Waals surface area contributed by atoms with E-state index in [4.69, 9.17) is 0 Å². The second-order valence-electron chi connectivity index (χ2n) is 1.70. The SMILES string of the molecule is [SiH3][SiH2][I]c1ccccc1. The van der Waals surface area contributed by atoms with Crippen molar-refractivity contribution >= 4 is 36.7 Å². The standard InChI is InChI=1S/C6H10ISi2/c8-9-7-6-4-2-1-3-5-6/h1-5H,9H2,8H3. The number of halogens is 1. The average Bonchev–Trinajstić information content (AvgIpc) is 1.91. The van der Waals surface area contributed by atoms with Crippen LogP contribution in [0.25, 0.3) is 0 Å². The third-order valence-electron chi connectivity index (χ3n) is 1.02. The molecule has 0 aliphatic rings. The third kappa shape index (κ3) is 2.64. The Labute approximate surface area is 70.4 Å². The minimum atomic E-state index is 0.465. The Morgan fingerprint density at radius 2 is 1.89 bits per heavy atom. The van der Waals surface area contributed by atoms with E-state index in [0.29, 0.717) is 26.9 Å². The quantitative estimate of drug-likeness (QED) is 0.407. The van der Waals surface area contributed by atoms with Crippen LogP contribution in [0.15, 0.2) is 30.3 Å². The Kier molecular flexibility index (Phi) is 3.53. The minimum absolute atomic E-state index is 0.465. The van der Waals surface area contributed by atoms with Crippen LogP contribution in [0.3, 0.4) is 0 Å². The maximum atomic E-state index is 2.28. The Hall–Kier alpha value is 0.384. The molecule has 0 saturated heterocycles. The van der Waals surface area contributed by atoms with Crippen molar-refractivity contribution in [3.05, 3.63) is 33.9 Å². The summed E-state index contributed by atoms with van der Waals surface area (Å²) in [4.78, 5) is 0.